The molecule has 0 aliphatic heterocycles. The highest BCUT2D eigenvalue weighted by atomic mass is 79.9. The summed E-state index contributed by atoms with van der Waals surface area (Å²) < 4.78 is 18.8. The number of hydrogen-bond donors (Lipinski definition) is 2. The van der Waals surface area contributed by atoms with Crippen LogP contribution in [0.3, 0.4) is 0 Å². The summed E-state index contributed by atoms with van der Waals surface area (Å²) in [6.45, 7) is 0. The van der Waals surface area contributed by atoms with Crippen LogP contribution < -0.4 is 10.5 Å². The Balaban J connectivity index is 3.28. The van der Waals surface area contributed by atoms with E-state index in [0.29, 0.717) is 4.47 Å². The largest absolute Gasteiger partial charge is 0.494 e. The summed E-state index contributed by atoms with van der Waals surface area (Å²) in [6, 6.07) is 1.31. The lowest BCUT2D eigenvalue weighted by Crippen LogP contribution is -2.22. The molecule has 6 heteroatoms. The van der Waals surface area contributed by atoms with Crippen LogP contribution in [0.5, 0.6) is 5.75 Å². The van der Waals surface area contributed by atoms with Crippen LogP contribution in [0.25, 0.3) is 0 Å². The highest BCUT2D eigenvalue weighted by Crippen LogP contribution is 2.29. The molecule has 0 heterocycles. The van der Waals surface area contributed by atoms with Gasteiger partial charge in [0.05, 0.1) is 7.11 Å². The third-order valence-corrected chi connectivity index (χ3v) is 2.31. The van der Waals surface area contributed by atoms with Gasteiger partial charge < -0.3 is 15.6 Å². The van der Waals surface area contributed by atoms with Crippen LogP contribution in [0.15, 0.2) is 16.6 Å². The second kappa shape index (κ2) is 4.59. The first-order valence-corrected chi connectivity index (χ1v) is 4.78. The first-order valence-electron chi connectivity index (χ1n) is 3.98. The Kier molecular flexibility index (Phi) is 3.65. The second-order valence-corrected chi connectivity index (χ2v) is 3.74. The molecule has 0 aromatic heterocycles. The van der Waals surface area contributed by atoms with Crippen molar-refractivity contribution in [2.45, 2.75) is 6.04 Å². The van der Waals surface area contributed by atoms with Crippen LogP contribution >= 0.6 is 15.9 Å². The Labute approximate surface area is 94.0 Å². The van der Waals surface area contributed by atoms with Gasteiger partial charge in [0.25, 0.3) is 0 Å². The van der Waals surface area contributed by atoms with Gasteiger partial charge in [-0.3, -0.25) is 4.79 Å². The van der Waals surface area contributed by atoms with Crippen LogP contribution in [0.1, 0.15) is 11.6 Å². The third-order valence-electron chi connectivity index (χ3n) is 1.85. The van der Waals surface area contributed by atoms with Gasteiger partial charge >= 0.3 is 5.97 Å². The summed E-state index contributed by atoms with van der Waals surface area (Å²) in [5.41, 5.74) is 5.20. The number of benzene rings is 1. The lowest BCUT2D eigenvalue weighted by molar-refractivity contribution is -0.138. The zero-order valence-electron chi connectivity index (χ0n) is 7.83. The smallest absolute Gasteiger partial charge is 0.325 e. The van der Waals surface area contributed by atoms with Gasteiger partial charge in [-0.15, -0.1) is 0 Å². The number of carboxylic acid groups (broad SMARTS) is 1. The Hall–Kier alpha value is -1.14. The fourth-order valence-electron chi connectivity index (χ4n) is 1.09. The van der Waals surface area contributed by atoms with Crippen molar-refractivity contribution in [2.75, 3.05) is 7.11 Å². The van der Waals surface area contributed by atoms with E-state index in [-0.39, 0.29) is 11.3 Å². The minimum absolute atomic E-state index is 0.0453. The van der Waals surface area contributed by atoms with E-state index in [4.69, 9.17) is 15.6 Å². The third kappa shape index (κ3) is 2.45. The first kappa shape index (κ1) is 11.9. The summed E-state index contributed by atoms with van der Waals surface area (Å²) in [5, 5.41) is 8.67. The van der Waals surface area contributed by atoms with Gasteiger partial charge in [0.1, 0.15) is 6.04 Å². The van der Waals surface area contributed by atoms with E-state index in [9.17, 15) is 9.18 Å². The summed E-state index contributed by atoms with van der Waals surface area (Å²) in [7, 11) is 1.29. The molecule has 15 heavy (non-hydrogen) atoms. The normalized spacial score (nSPS) is 12.3. The number of aliphatic carboxylic acids is 1. The van der Waals surface area contributed by atoms with Crippen LogP contribution in [0, 0.1) is 5.82 Å². The van der Waals surface area contributed by atoms with Crippen molar-refractivity contribution in [3.8, 4) is 5.75 Å². The predicted octanol–water partition coefficient (Wildman–Crippen LogP) is 1.68. The molecule has 1 aromatic carbocycles. The molecule has 0 aliphatic carbocycles. The molecule has 0 aliphatic rings. The van der Waals surface area contributed by atoms with Crippen molar-refractivity contribution in [3.05, 3.63) is 28.0 Å². The first-order chi connectivity index (χ1) is 6.97. The van der Waals surface area contributed by atoms with E-state index in [1.807, 2.05) is 0 Å². The average Bonchev–Trinajstić information content (AvgIpc) is 2.19. The number of ether oxygens (including phenoxy) is 1. The molecule has 0 amide bonds. The monoisotopic (exact) mass is 277 g/mol. The number of rotatable bonds is 3. The molecule has 1 aromatic rings. The second-order valence-electron chi connectivity index (χ2n) is 2.83. The SMILES string of the molecule is COc1cc(Br)cc(C(N)C(=O)O)c1F. The Morgan fingerprint density at radius 3 is 2.73 bits per heavy atom. The van der Waals surface area contributed by atoms with Gasteiger partial charge in [0, 0.05) is 10.0 Å². The van der Waals surface area contributed by atoms with E-state index in [2.05, 4.69) is 15.9 Å². The standard InChI is InChI=1S/C9H9BrFNO3/c1-15-6-3-4(10)2-5(7(6)11)8(12)9(13)14/h2-3,8H,12H2,1H3,(H,13,14). The van der Waals surface area contributed by atoms with Crippen molar-refractivity contribution in [1.82, 2.24) is 0 Å². The molecule has 1 rings (SSSR count). The molecule has 1 atom stereocenters. The highest BCUT2D eigenvalue weighted by molar-refractivity contribution is 9.10. The molecule has 0 radical (unpaired) electrons. The summed E-state index contributed by atoms with van der Waals surface area (Å²) in [4.78, 5) is 10.6. The molecule has 0 saturated carbocycles. The number of nitrogens with two attached hydrogens (primary N) is 1. The molecule has 4 nitrogen and oxygen atoms in total. The number of hydrogen-bond acceptors (Lipinski definition) is 3. The fourth-order valence-corrected chi connectivity index (χ4v) is 1.55. The highest BCUT2D eigenvalue weighted by Gasteiger charge is 2.21. The van der Waals surface area contributed by atoms with E-state index in [1.165, 1.54) is 19.2 Å². The molecule has 82 valence electrons. The van der Waals surface area contributed by atoms with Gasteiger partial charge in [-0.2, -0.15) is 0 Å². The van der Waals surface area contributed by atoms with Crippen molar-refractivity contribution in [1.29, 1.82) is 0 Å². The van der Waals surface area contributed by atoms with Crippen molar-refractivity contribution in [3.63, 3.8) is 0 Å². The van der Waals surface area contributed by atoms with Crippen LogP contribution in [0.2, 0.25) is 0 Å². The number of carbonyl (C=O) groups is 1. The van der Waals surface area contributed by atoms with Gasteiger partial charge in [0.15, 0.2) is 11.6 Å². The van der Waals surface area contributed by atoms with Gasteiger partial charge in [-0.1, -0.05) is 15.9 Å². The Morgan fingerprint density at radius 2 is 2.27 bits per heavy atom. The lowest BCUT2D eigenvalue weighted by atomic mass is 10.1. The molecule has 0 saturated heterocycles. The summed E-state index contributed by atoms with van der Waals surface area (Å²) >= 11 is 3.11. The topological polar surface area (TPSA) is 72.5 Å². The molecule has 3 N–H and O–H groups in total. The number of halogens is 2. The quantitative estimate of drug-likeness (QED) is 0.882. The predicted molar refractivity (Wildman–Crippen MR) is 55.2 cm³/mol. The molecule has 1 unspecified atom stereocenters. The minimum Gasteiger partial charge on any atom is -0.494 e. The molecular formula is C9H9BrFNO3. The average molecular weight is 278 g/mol. The molecular weight excluding hydrogens is 269 g/mol. The van der Waals surface area contributed by atoms with Gasteiger partial charge in [0.2, 0.25) is 0 Å². The zero-order valence-corrected chi connectivity index (χ0v) is 9.42. The van der Waals surface area contributed by atoms with Crippen molar-refractivity contribution in [2.24, 2.45) is 5.73 Å². The van der Waals surface area contributed by atoms with E-state index >= 15 is 0 Å². The minimum atomic E-state index is -1.41. The Morgan fingerprint density at radius 1 is 1.67 bits per heavy atom. The summed E-state index contributed by atoms with van der Waals surface area (Å²) in [6.07, 6.45) is 0. The molecule has 0 spiro atoms. The van der Waals surface area contributed by atoms with Crippen LogP contribution in [0.4, 0.5) is 4.39 Å². The van der Waals surface area contributed by atoms with Crippen LogP contribution in [-0.2, 0) is 4.79 Å². The van der Waals surface area contributed by atoms with Crippen LogP contribution in [-0.4, -0.2) is 18.2 Å². The Bertz CT molecular complexity index is 397. The molecule has 0 fully saturated rings. The maximum Gasteiger partial charge on any atom is 0.325 e. The van der Waals surface area contributed by atoms with Crippen molar-refractivity contribution < 1.29 is 19.0 Å². The lowest BCUT2D eigenvalue weighted by Gasteiger charge is -2.11. The fraction of sp³-hybridized carbons (Fsp3) is 0.222. The number of methoxy groups -OCH3 is 1. The van der Waals surface area contributed by atoms with E-state index in [1.54, 1.807) is 0 Å². The maximum atomic E-state index is 13.6. The zero-order chi connectivity index (χ0) is 11.6. The maximum absolute atomic E-state index is 13.6. The molecule has 0 bridgehead atoms. The van der Waals surface area contributed by atoms with Crippen molar-refractivity contribution >= 4 is 21.9 Å². The number of carboxylic acids is 1. The van der Waals surface area contributed by atoms with E-state index < -0.39 is 17.8 Å². The van der Waals surface area contributed by atoms with E-state index in [0.717, 1.165) is 0 Å². The van der Waals surface area contributed by atoms with Gasteiger partial charge in [-0.05, 0) is 12.1 Å². The summed E-state index contributed by atoms with van der Waals surface area (Å²) in [5.74, 6) is -2.10. The van der Waals surface area contributed by atoms with Gasteiger partial charge in [-0.25, -0.2) is 4.39 Å².